The van der Waals surface area contributed by atoms with E-state index < -0.39 is 30.0 Å². The monoisotopic (exact) mass is 810 g/mol. The van der Waals surface area contributed by atoms with Gasteiger partial charge in [-0.1, -0.05) is 24.3 Å². The Morgan fingerprint density at radius 3 is 1.33 bits per heavy atom. The van der Waals surface area contributed by atoms with Crippen molar-refractivity contribution in [1.82, 2.24) is 29.9 Å². The Hall–Kier alpha value is -2.28. The summed E-state index contributed by atoms with van der Waals surface area (Å²) in [6, 6.07) is 7.66. The molecule has 0 saturated carbocycles. The van der Waals surface area contributed by atoms with Gasteiger partial charge in [0.15, 0.2) is 0 Å². The van der Waals surface area contributed by atoms with Gasteiger partial charge in [-0.25, -0.2) is 16.8 Å². The molecule has 2 fully saturated rings. The summed E-state index contributed by atoms with van der Waals surface area (Å²) in [5, 5.41) is 5.43. The average molecular weight is 812 g/mol. The van der Waals surface area contributed by atoms with E-state index in [-0.39, 0.29) is 116 Å². The molecule has 0 unspecified atom stereocenters. The largest absolute Gasteiger partial charge is 1.00 e. The predicted octanol–water partition coefficient (Wildman–Crippen LogP) is -3.49. The summed E-state index contributed by atoms with van der Waals surface area (Å²) >= 11 is 12.2. The van der Waals surface area contributed by atoms with Crippen molar-refractivity contribution in [3.8, 4) is 0 Å². The molecule has 2 N–H and O–H groups in total. The maximum atomic E-state index is 12.3. The van der Waals surface area contributed by atoms with Gasteiger partial charge in [-0.05, 0) is 58.6 Å². The quantitative estimate of drug-likeness (QED) is 0.0898. The van der Waals surface area contributed by atoms with Gasteiger partial charge >= 0.3 is 59.1 Å². The van der Waals surface area contributed by atoms with E-state index in [1.54, 1.807) is 0 Å². The second kappa shape index (κ2) is 18.4. The first-order valence-corrected chi connectivity index (χ1v) is 18.3. The molecule has 52 heavy (non-hydrogen) atoms. The topological polar surface area (TPSA) is 241 Å². The summed E-state index contributed by atoms with van der Waals surface area (Å²) < 4.78 is 84.4. The van der Waals surface area contributed by atoms with E-state index in [1.165, 1.54) is 36.4 Å². The van der Waals surface area contributed by atoms with Gasteiger partial charge in [-0.15, -0.1) is 0 Å². The van der Waals surface area contributed by atoms with Gasteiger partial charge in [0.1, 0.15) is 20.2 Å². The first-order chi connectivity index (χ1) is 23.8. The third-order valence-electron chi connectivity index (χ3n) is 7.30. The number of hydrogen-bond donors (Lipinski definition) is 2. The molecule has 264 valence electrons. The van der Waals surface area contributed by atoms with Gasteiger partial charge in [-0.2, -0.15) is 29.9 Å². The Balaban J connectivity index is 0.00000302. The van der Waals surface area contributed by atoms with Gasteiger partial charge in [0, 0.05) is 37.6 Å². The zero-order valence-corrected chi connectivity index (χ0v) is 34.8. The number of nitrogens with zero attached hydrogens (tertiary/aromatic N) is 8. The van der Waals surface area contributed by atoms with Crippen molar-refractivity contribution in [2.45, 2.75) is 9.79 Å². The standard InChI is InChI=1S/C28H28Cl2N10O8S2.2Na/c29-23-33-25(37-27(35-23)39-7-11-47-12-8-39)31-19-5-3-17(21(15-19)49(41,42)43)1-2-18-4-6-20(16-22(18)50(44,45)46)32-26-34-24(30)36-28(38-26)40-9-13-48-14-10-40;;/h1-6,15-16H,7-14H2,(H,41,42,43)(H,44,45,46)(H,31,33,35,37)(H,32,34,36,38);;/q;2*+1/p-2/b2-1+;;. The van der Waals surface area contributed by atoms with Crippen molar-refractivity contribution in [2.24, 2.45) is 0 Å². The Bertz CT molecular complexity index is 2010. The normalized spacial score (nSPS) is 15.2. The molecule has 2 aliphatic rings. The summed E-state index contributed by atoms with van der Waals surface area (Å²) in [5.41, 5.74) is 0.112. The van der Waals surface area contributed by atoms with Crippen molar-refractivity contribution in [3.05, 3.63) is 58.1 Å². The van der Waals surface area contributed by atoms with Crippen molar-refractivity contribution < 1.29 is 94.5 Å². The molecular formula is C28H26Cl2N10Na2O8S2. The number of halogens is 2. The van der Waals surface area contributed by atoms with E-state index in [0.29, 0.717) is 52.6 Å². The van der Waals surface area contributed by atoms with Crippen LogP contribution in [0.2, 0.25) is 10.6 Å². The molecule has 0 bridgehead atoms. The number of hydrogen-bond acceptors (Lipinski definition) is 18. The van der Waals surface area contributed by atoms with Gasteiger partial charge < -0.3 is 39.0 Å². The molecule has 0 aliphatic carbocycles. The molecular weight excluding hydrogens is 785 g/mol. The van der Waals surface area contributed by atoms with Crippen molar-refractivity contribution >= 4 is 90.8 Å². The molecule has 2 aliphatic heterocycles. The Morgan fingerprint density at radius 1 is 0.615 bits per heavy atom. The number of aromatic nitrogens is 6. The van der Waals surface area contributed by atoms with E-state index in [2.05, 4.69) is 40.5 Å². The van der Waals surface area contributed by atoms with E-state index in [4.69, 9.17) is 32.7 Å². The van der Waals surface area contributed by atoms with Crippen LogP contribution in [0.25, 0.3) is 12.2 Å². The number of rotatable bonds is 10. The van der Waals surface area contributed by atoms with Crippen molar-refractivity contribution in [1.29, 1.82) is 0 Å². The fourth-order valence-electron chi connectivity index (χ4n) is 4.97. The van der Waals surface area contributed by atoms with Gasteiger partial charge in [0.05, 0.1) is 36.2 Å². The minimum atomic E-state index is -5.05. The smallest absolute Gasteiger partial charge is 0.744 e. The molecule has 0 atom stereocenters. The molecule has 6 rings (SSSR count). The molecule has 0 radical (unpaired) electrons. The first-order valence-electron chi connectivity index (χ1n) is 14.7. The number of morpholine rings is 2. The predicted molar refractivity (Wildman–Crippen MR) is 180 cm³/mol. The fraction of sp³-hybridized carbons (Fsp3) is 0.286. The number of anilines is 6. The van der Waals surface area contributed by atoms with Crippen LogP contribution in [-0.4, -0.2) is 108 Å². The second-order valence-corrected chi connectivity index (χ2v) is 14.0. The van der Waals surface area contributed by atoms with Crippen LogP contribution in [-0.2, 0) is 29.7 Å². The molecule has 0 spiro atoms. The summed E-state index contributed by atoms with van der Waals surface area (Å²) in [6.07, 6.45) is 2.39. The molecule has 18 nitrogen and oxygen atoms in total. The molecule has 2 aromatic heterocycles. The third-order valence-corrected chi connectivity index (χ3v) is 9.42. The third kappa shape index (κ3) is 11.1. The Morgan fingerprint density at radius 2 is 0.981 bits per heavy atom. The first kappa shape index (κ1) is 42.5. The summed E-state index contributed by atoms with van der Waals surface area (Å²) in [7, 11) is -10.1. The zero-order valence-electron chi connectivity index (χ0n) is 27.7. The van der Waals surface area contributed by atoms with E-state index >= 15 is 0 Å². The van der Waals surface area contributed by atoms with E-state index in [1.807, 2.05) is 9.80 Å². The molecule has 2 saturated heterocycles. The van der Waals surface area contributed by atoms with Crippen molar-refractivity contribution in [3.63, 3.8) is 0 Å². The SMILES string of the molecule is O=S(=O)([O-])c1cc(Nc2nc(Cl)nc(N3CCOCC3)n2)ccc1/C=C/c1ccc(Nc2nc(Cl)nc(N3CCOCC3)n2)cc1S(=O)(=O)[O-].[Na+].[Na+]. The number of ether oxygens (including phenoxy) is 2. The van der Waals surface area contributed by atoms with E-state index in [9.17, 15) is 25.9 Å². The van der Waals surface area contributed by atoms with Crippen LogP contribution in [0.3, 0.4) is 0 Å². The Kier molecular flexibility index (Phi) is 15.0. The minimum absolute atomic E-state index is 0. The van der Waals surface area contributed by atoms with E-state index in [0.717, 1.165) is 12.1 Å². The van der Waals surface area contributed by atoms with Crippen LogP contribution in [0.4, 0.5) is 35.2 Å². The molecule has 4 aromatic rings. The fourth-order valence-corrected chi connectivity index (χ4v) is 6.67. The van der Waals surface area contributed by atoms with Crippen molar-refractivity contribution in [2.75, 3.05) is 73.0 Å². The maximum absolute atomic E-state index is 12.3. The molecule has 2 aromatic carbocycles. The number of benzene rings is 2. The summed E-state index contributed by atoms with van der Waals surface area (Å²) in [6.45, 7) is 4.00. The van der Waals surface area contributed by atoms with Crippen LogP contribution in [0.5, 0.6) is 0 Å². The summed E-state index contributed by atoms with van der Waals surface area (Å²) in [4.78, 5) is 27.4. The van der Waals surface area contributed by atoms with Gasteiger partial charge in [0.2, 0.25) is 34.4 Å². The van der Waals surface area contributed by atoms with Crippen LogP contribution in [0, 0.1) is 0 Å². The number of nitrogens with one attached hydrogen (secondary N) is 2. The van der Waals surface area contributed by atoms with Gasteiger partial charge in [0.25, 0.3) is 0 Å². The van der Waals surface area contributed by atoms with Crippen LogP contribution < -0.4 is 79.5 Å². The molecule has 4 heterocycles. The molecule has 0 amide bonds. The zero-order chi connectivity index (χ0) is 35.5. The minimum Gasteiger partial charge on any atom is -0.744 e. The Labute approximate surface area is 352 Å². The van der Waals surface area contributed by atoms with Crippen LogP contribution >= 0.6 is 23.2 Å². The second-order valence-electron chi connectivity index (χ2n) is 10.7. The maximum Gasteiger partial charge on any atom is 1.00 e. The van der Waals surface area contributed by atoms with Gasteiger partial charge in [-0.3, -0.25) is 0 Å². The van der Waals surface area contributed by atoms with Crippen LogP contribution in [0.15, 0.2) is 46.2 Å². The van der Waals surface area contributed by atoms with Crippen LogP contribution in [0.1, 0.15) is 11.1 Å². The summed E-state index contributed by atoms with van der Waals surface area (Å²) in [5.74, 6) is 0.569. The molecule has 24 heteroatoms. The average Bonchev–Trinajstić information content (AvgIpc) is 3.07.